The van der Waals surface area contributed by atoms with Crippen LogP contribution >= 0.6 is 15.9 Å². The second kappa shape index (κ2) is 5.36. The Morgan fingerprint density at radius 2 is 2.24 bits per heavy atom. The summed E-state index contributed by atoms with van der Waals surface area (Å²) in [7, 11) is 0. The smallest absolute Gasteiger partial charge is 0.192 e. The van der Waals surface area contributed by atoms with Gasteiger partial charge in [0.15, 0.2) is 5.43 Å². The molecule has 90 valence electrons. The predicted octanol–water partition coefficient (Wildman–Crippen LogP) is 3.20. The zero-order valence-electron chi connectivity index (χ0n) is 9.48. The van der Waals surface area contributed by atoms with Gasteiger partial charge >= 0.3 is 0 Å². The minimum absolute atomic E-state index is 0.0355. The molecule has 2 aromatic rings. The Kier molecular flexibility index (Phi) is 3.84. The zero-order valence-corrected chi connectivity index (χ0v) is 11.1. The van der Waals surface area contributed by atoms with Gasteiger partial charge in [-0.3, -0.25) is 4.79 Å². The van der Waals surface area contributed by atoms with Gasteiger partial charge in [-0.05, 0) is 18.1 Å². The first-order valence-corrected chi connectivity index (χ1v) is 6.53. The molecule has 1 aromatic carbocycles. The van der Waals surface area contributed by atoms with Crippen molar-refractivity contribution in [3.05, 3.63) is 40.8 Å². The highest BCUT2D eigenvalue weighted by atomic mass is 79.9. The number of hydrogen-bond donors (Lipinski definition) is 0. The van der Waals surface area contributed by atoms with Crippen molar-refractivity contribution in [2.45, 2.75) is 6.92 Å². The second-order valence-electron chi connectivity index (χ2n) is 4.01. The van der Waals surface area contributed by atoms with Crippen LogP contribution in [-0.4, -0.2) is 11.9 Å². The summed E-state index contributed by atoms with van der Waals surface area (Å²) in [5.74, 6) is 1.16. The summed E-state index contributed by atoms with van der Waals surface area (Å²) in [5.41, 5.74) is 0.521. The van der Waals surface area contributed by atoms with Crippen LogP contribution in [0.4, 0.5) is 0 Å². The van der Waals surface area contributed by atoms with Gasteiger partial charge in [0.2, 0.25) is 0 Å². The average molecular weight is 297 g/mol. The first-order chi connectivity index (χ1) is 8.20. The second-order valence-corrected chi connectivity index (χ2v) is 4.66. The average Bonchev–Trinajstić information content (AvgIpc) is 2.36. The van der Waals surface area contributed by atoms with E-state index in [1.54, 1.807) is 18.2 Å². The standard InChI is InChI=1S/C13H13BrO3/c1-9(7-14)8-17-10-2-3-11-12(15)4-5-16-13(11)6-10/h2-6,9H,7-8H2,1H3/t9-/m0/s1. The Morgan fingerprint density at radius 1 is 1.41 bits per heavy atom. The van der Waals surface area contributed by atoms with Crippen molar-refractivity contribution in [1.29, 1.82) is 0 Å². The van der Waals surface area contributed by atoms with E-state index in [4.69, 9.17) is 9.15 Å². The molecule has 3 nitrogen and oxygen atoms in total. The van der Waals surface area contributed by atoms with Gasteiger partial charge in [0, 0.05) is 17.5 Å². The Morgan fingerprint density at radius 3 is 3.00 bits per heavy atom. The van der Waals surface area contributed by atoms with Gasteiger partial charge in [-0.25, -0.2) is 0 Å². The van der Waals surface area contributed by atoms with Crippen LogP contribution in [0.3, 0.4) is 0 Å². The summed E-state index contributed by atoms with van der Waals surface area (Å²) in [6.45, 7) is 2.73. The number of ether oxygens (including phenoxy) is 1. The van der Waals surface area contributed by atoms with Gasteiger partial charge < -0.3 is 9.15 Å². The third-order valence-corrected chi connectivity index (χ3v) is 3.54. The van der Waals surface area contributed by atoms with E-state index < -0.39 is 0 Å². The molecule has 4 heteroatoms. The lowest BCUT2D eigenvalue weighted by atomic mass is 10.2. The molecule has 17 heavy (non-hydrogen) atoms. The normalized spacial score (nSPS) is 12.6. The van der Waals surface area contributed by atoms with E-state index in [-0.39, 0.29) is 5.43 Å². The lowest BCUT2D eigenvalue weighted by Crippen LogP contribution is -2.09. The Labute approximate surface area is 108 Å². The molecular formula is C13H13BrO3. The largest absolute Gasteiger partial charge is 0.493 e. The van der Waals surface area contributed by atoms with E-state index in [0.717, 1.165) is 11.1 Å². The molecule has 0 unspecified atom stereocenters. The molecule has 0 aliphatic carbocycles. The monoisotopic (exact) mass is 296 g/mol. The lowest BCUT2D eigenvalue weighted by molar-refractivity contribution is 0.274. The number of alkyl halides is 1. The van der Waals surface area contributed by atoms with Crippen molar-refractivity contribution in [1.82, 2.24) is 0 Å². The van der Waals surface area contributed by atoms with Crippen LogP contribution in [-0.2, 0) is 0 Å². The molecule has 0 spiro atoms. The van der Waals surface area contributed by atoms with Crippen molar-refractivity contribution in [3.8, 4) is 5.75 Å². The highest BCUT2D eigenvalue weighted by Crippen LogP contribution is 2.19. The minimum Gasteiger partial charge on any atom is -0.493 e. The quantitative estimate of drug-likeness (QED) is 0.814. The topological polar surface area (TPSA) is 39.4 Å². The van der Waals surface area contributed by atoms with Gasteiger partial charge in [-0.1, -0.05) is 22.9 Å². The number of rotatable bonds is 4. The van der Waals surface area contributed by atoms with E-state index >= 15 is 0 Å². The lowest BCUT2D eigenvalue weighted by Gasteiger charge is -2.10. The van der Waals surface area contributed by atoms with E-state index in [0.29, 0.717) is 23.5 Å². The van der Waals surface area contributed by atoms with Gasteiger partial charge in [-0.2, -0.15) is 0 Å². The molecule has 0 amide bonds. The molecule has 0 bridgehead atoms. The van der Waals surface area contributed by atoms with E-state index in [1.165, 1.54) is 12.3 Å². The SMILES string of the molecule is C[C@@H](CBr)COc1ccc2c(=O)ccoc2c1. The van der Waals surface area contributed by atoms with Crippen molar-refractivity contribution in [2.24, 2.45) is 5.92 Å². The van der Waals surface area contributed by atoms with Crippen LogP contribution < -0.4 is 10.2 Å². The van der Waals surface area contributed by atoms with Crippen LogP contribution in [0.25, 0.3) is 11.0 Å². The summed E-state index contributed by atoms with van der Waals surface area (Å²) in [4.78, 5) is 11.5. The van der Waals surface area contributed by atoms with Crippen molar-refractivity contribution >= 4 is 26.9 Å². The molecule has 0 aliphatic heterocycles. The van der Waals surface area contributed by atoms with Gasteiger partial charge in [-0.15, -0.1) is 0 Å². The Balaban J connectivity index is 2.23. The molecule has 0 saturated heterocycles. The summed E-state index contributed by atoms with van der Waals surface area (Å²) in [5, 5.41) is 1.48. The molecule has 1 atom stereocenters. The summed E-state index contributed by atoms with van der Waals surface area (Å²) < 4.78 is 10.9. The van der Waals surface area contributed by atoms with Crippen LogP contribution in [0.1, 0.15) is 6.92 Å². The molecule has 0 aliphatic rings. The fourth-order valence-corrected chi connectivity index (χ4v) is 1.62. The molecular weight excluding hydrogens is 284 g/mol. The van der Waals surface area contributed by atoms with Gasteiger partial charge in [0.25, 0.3) is 0 Å². The maximum absolute atomic E-state index is 11.5. The highest BCUT2D eigenvalue weighted by molar-refractivity contribution is 9.09. The third kappa shape index (κ3) is 2.88. The third-order valence-electron chi connectivity index (χ3n) is 2.43. The maximum atomic E-state index is 11.5. The van der Waals surface area contributed by atoms with Gasteiger partial charge in [0.05, 0.1) is 18.3 Å². The number of fused-ring (bicyclic) bond motifs is 1. The fraction of sp³-hybridized carbons (Fsp3) is 0.308. The van der Waals surface area contributed by atoms with E-state index in [9.17, 15) is 4.79 Å². The van der Waals surface area contributed by atoms with Crippen LogP contribution in [0.5, 0.6) is 5.75 Å². The minimum atomic E-state index is -0.0355. The van der Waals surface area contributed by atoms with Gasteiger partial charge in [0.1, 0.15) is 11.3 Å². The number of benzene rings is 1. The van der Waals surface area contributed by atoms with Crippen molar-refractivity contribution < 1.29 is 9.15 Å². The van der Waals surface area contributed by atoms with E-state index in [1.807, 2.05) is 0 Å². The predicted molar refractivity (Wildman–Crippen MR) is 70.9 cm³/mol. The van der Waals surface area contributed by atoms with Crippen LogP contribution in [0.2, 0.25) is 0 Å². The molecule has 0 N–H and O–H groups in total. The van der Waals surface area contributed by atoms with Crippen molar-refractivity contribution in [2.75, 3.05) is 11.9 Å². The molecule has 0 fully saturated rings. The van der Waals surface area contributed by atoms with Crippen LogP contribution in [0.15, 0.2) is 39.7 Å². The highest BCUT2D eigenvalue weighted by Gasteiger charge is 2.04. The summed E-state index contributed by atoms with van der Waals surface area (Å²) in [6.07, 6.45) is 1.40. The summed E-state index contributed by atoms with van der Waals surface area (Å²) in [6, 6.07) is 6.68. The molecule has 0 saturated carbocycles. The fourth-order valence-electron chi connectivity index (χ4n) is 1.44. The number of hydrogen-bond acceptors (Lipinski definition) is 3. The Hall–Kier alpha value is -1.29. The molecule has 0 radical (unpaired) electrons. The van der Waals surface area contributed by atoms with E-state index in [2.05, 4.69) is 22.9 Å². The maximum Gasteiger partial charge on any atom is 0.192 e. The molecule has 1 heterocycles. The van der Waals surface area contributed by atoms with Crippen molar-refractivity contribution in [3.63, 3.8) is 0 Å². The zero-order chi connectivity index (χ0) is 12.3. The first kappa shape index (κ1) is 12.2. The Bertz CT molecular complexity index is 562. The summed E-state index contributed by atoms with van der Waals surface area (Å²) >= 11 is 3.40. The van der Waals surface area contributed by atoms with Crippen LogP contribution in [0, 0.1) is 5.92 Å². The molecule has 1 aromatic heterocycles. The first-order valence-electron chi connectivity index (χ1n) is 5.41. The number of halogens is 1. The molecule has 2 rings (SSSR count).